The molecule has 0 aromatic heterocycles. The van der Waals surface area contributed by atoms with Crippen LogP contribution in [-0.2, 0) is 14.3 Å². The van der Waals surface area contributed by atoms with Crippen molar-refractivity contribution in [2.45, 2.75) is 45.8 Å². The van der Waals surface area contributed by atoms with Crippen LogP contribution in [-0.4, -0.2) is 18.7 Å². The monoisotopic (exact) mass is 210 g/mol. The SMILES string of the molecule is CCO[C@@H]1C[C@@H](C)C2=C(CCCC2=O)O1. The molecule has 1 aliphatic heterocycles. The lowest BCUT2D eigenvalue weighted by Gasteiger charge is -2.33. The third kappa shape index (κ3) is 2.07. The molecule has 3 nitrogen and oxygen atoms in total. The van der Waals surface area contributed by atoms with Crippen molar-refractivity contribution in [2.24, 2.45) is 5.92 Å². The average Bonchev–Trinajstić information content (AvgIpc) is 2.17. The zero-order valence-corrected chi connectivity index (χ0v) is 9.41. The predicted octanol–water partition coefficient (Wildman–Crippen LogP) is 2.41. The molecule has 2 rings (SSSR count). The van der Waals surface area contributed by atoms with Gasteiger partial charge in [0.1, 0.15) is 5.76 Å². The number of carbonyl (C=O) groups is 1. The first-order valence-electron chi connectivity index (χ1n) is 5.77. The maximum Gasteiger partial charge on any atom is 0.199 e. The zero-order valence-electron chi connectivity index (χ0n) is 9.41. The van der Waals surface area contributed by atoms with Gasteiger partial charge in [-0.25, -0.2) is 0 Å². The molecule has 0 radical (unpaired) electrons. The molecule has 0 fully saturated rings. The van der Waals surface area contributed by atoms with E-state index in [2.05, 4.69) is 6.92 Å². The van der Waals surface area contributed by atoms with Gasteiger partial charge in [-0.1, -0.05) is 6.92 Å². The van der Waals surface area contributed by atoms with Gasteiger partial charge in [0, 0.05) is 31.4 Å². The third-order valence-electron chi connectivity index (χ3n) is 3.07. The minimum absolute atomic E-state index is 0.144. The molecule has 3 heteroatoms. The van der Waals surface area contributed by atoms with Gasteiger partial charge in [-0.15, -0.1) is 0 Å². The van der Waals surface area contributed by atoms with E-state index in [9.17, 15) is 4.79 Å². The molecule has 0 N–H and O–H groups in total. The van der Waals surface area contributed by atoms with E-state index in [1.807, 2.05) is 6.92 Å². The lowest BCUT2D eigenvalue weighted by molar-refractivity contribution is -0.140. The van der Waals surface area contributed by atoms with Gasteiger partial charge in [0.2, 0.25) is 0 Å². The van der Waals surface area contributed by atoms with E-state index in [4.69, 9.17) is 9.47 Å². The van der Waals surface area contributed by atoms with Crippen molar-refractivity contribution in [1.29, 1.82) is 0 Å². The van der Waals surface area contributed by atoms with Crippen LogP contribution in [0.1, 0.15) is 39.5 Å². The number of ketones is 1. The minimum atomic E-state index is -0.144. The van der Waals surface area contributed by atoms with E-state index in [0.29, 0.717) is 13.0 Å². The fraction of sp³-hybridized carbons (Fsp3) is 0.750. The molecule has 0 spiro atoms. The van der Waals surface area contributed by atoms with E-state index in [-0.39, 0.29) is 18.0 Å². The van der Waals surface area contributed by atoms with Gasteiger partial charge in [-0.2, -0.15) is 0 Å². The Bertz CT molecular complexity index is 293. The number of Topliss-reactive ketones (excluding diaryl/α,β-unsaturated/α-hetero) is 1. The Labute approximate surface area is 90.4 Å². The summed E-state index contributed by atoms with van der Waals surface area (Å²) in [5, 5.41) is 0. The highest BCUT2D eigenvalue weighted by Crippen LogP contribution is 2.36. The first kappa shape index (κ1) is 10.7. The summed E-state index contributed by atoms with van der Waals surface area (Å²) in [5.41, 5.74) is 0.928. The number of hydrogen-bond donors (Lipinski definition) is 0. The van der Waals surface area contributed by atoms with Gasteiger partial charge < -0.3 is 9.47 Å². The molecule has 0 aromatic carbocycles. The molecule has 0 saturated carbocycles. The largest absolute Gasteiger partial charge is 0.469 e. The molecule has 0 aromatic rings. The summed E-state index contributed by atoms with van der Waals surface area (Å²) in [6.07, 6.45) is 3.16. The van der Waals surface area contributed by atoms with Crippen molar-refractivity contribution in [1.82, 2.24) is 0 Å². The van der Waals surface area contributed by atoms with Gasteiger partial charge in [-0.3, -0.25) is 4.79 Å². The lowest BCUT2D eigenvalue weighted by Crippen LogP contribution is -2.31. The van der Waals surface area contributed by atoms with Gasteiger partial charge in [-0.05, 0) is 19.3 Å². The lowest BCUT2D eigenvalue weighted by atomic mass is 9.84. The Morgan fingerprint density at radius 1 is 1.47 bits per heavy atom. The summed E-state index contributed by atoms with van der Waals surface area (Å²) >= 11 is 0. The number of allylic oxidation sites excluding steroid dienone is 2. The van der Waals surface area contributed by atoms with Crippen molar-refractivity contribution in [3.63, 3.8) is 0 Å². The van der Waals surface area contributed by atoms with E-state index >= 15 is 0 Å². The van der Waals surface area contributed by atoms with Gasteiger partial charge in [0.25, 0.3) is 0 Å². The Balaban J connectivity index is 2.17. The Kier molecular flexibility index (Phi) is 3.10. The van der Waals surface area contributed by atoms with Crippen LogP contribution in [0.4, 0.5) is 0 Å². The Morgan fingerprint density at radius 2 is 2.27 bits per heavy atom. The fourth-order valence-electron chi connectivity index (χ4n) is 2.41. The Morgan fingerprint density at radius 3 is 3.00 bits per heavy atom. The van der Waals surface area contributed by atoms with Gasteiger partial charge in [0.15, 0.2) is 12.1 Å². The van der Waals surface area contributed by atoms with E-state index in [1.165, 1.54) is 0 Å². The quantitative estimate of drug-likeness (QED) is 0.702. The van der Waals surface area contributed by atoms with Crippen LogP contribution in [0.2, 0.25) is 0 Å². The van der Waals surface area contributed by atoms with Crippen LogP contribution in [0.25, 0.3) is 0 Å². The molecule has 84 valence electrons. The first-order chi connectivity index (χ1) is 7.22. The second-order valence-corrected chi connectivity index (χ2v) is 4.25. The molecule has 0 bridgehead atoms. The smallest absolute Gasteiger partial charge is 0.199 e. The topological polar surface area (TPSA) is 35.5 Å². The maximum absolute atomic E-state index is 11.7. The van der Waals surface area contributed by atoms with Crippen molar-refractivity contribution in [2.75, 3.05) is 6.61 Å². The average molecular weight is 210 g/mol. The van der Waals surface area contributed by atoms with Crippen LogP contribution < -0.4 is 0 Å². The third-order valence-corrected chi connectivity index (χ3v) is 3.07. The normalized spacial score (nSPS) is 31.2. The summed E-state index contributed by atoms with van der Waals surface area (Å²) < 4.78 is 11.2. The number of hydrogen-bond acceptors (Lipinski definition) is 3. The van der Waals surface area contributed by atoms with Crippen LogP contribution in [0.5, 0.6) is 0 Å². The van der Waals surface area contributed by atoms with E-state index in [1.54, 1.807) is 0 Å². The van der Waals surface area contributed by atoms with E-state index in [0.717, 1.165) is 30.6 Å². The summed E-state index contributed by atoms with van der Waals surface area (Å²) in [4.78, 5) is 11.7. The molecular formula is C12H18O3. The molecule has 1 aliphatic carbocycles. The molecule has 0 saturated heterocycles. The highest BCUT2D eigenvalue weighted by Gasteiger charge is 2.33. The second-order valence-electron chi connectivity index (χ2n) is 4.25. The molecular weight excluding hydrogens is 192 g/mol. The zero-order chi connectivity index (χ0) is 10.8. The van der Waals surface area contributed by atoms with Crippen molar-refractivity contribution < 1.29 is 14.3 Å². The molecule has 2 aliphatic rings. The minimum Gasteiger partial charge on any atom is -0.469 e. The number of rotatable bonds is 2. The highest BCUT2D eigenvalue weighted by molar-refractivity contribution is 5.97. The molecule has 0 amide bonds. The van der Waals surface area contributed by atoms with Crippen molar-refractivity contribution >= 4 is 5.78 Å². The summed E-state index contributed by atoms with van der Waals surface area (Å²) in [6, 6.07) is 0. The van der Waals surface area contributed by atoms with Crippen molar-refractivity contribution in [3.8, 4) is 0 Å². The standard InChI is InChI=1S/C12H18O3/c1-3-14-11-7-8(2)12-9(13)5-4-6-10(12)15-11/h8,11H,3-7H2,1-2H3/t8-,11+/m1/s1. The Hall–Kier alpha value is -0.830. The first-order valence-corrected chi connectivity index (χ1v) is 5.77. The summed E-state index contributed by atoms with van der Waals surface area (Å²) in [5.74, 6) is 1.46. The maximum atomic E-state index is 11.7. The van der Waals surface area contributed by atoms with E-state index < -0.39 is 0 Å². The molecule has 2 atom stereocenters. The van der Waals surface area contributed by atoms with Crippen LogP contribution in [0.15, 0.2) is 11.3 Å². The van der Waals surface area contributed by atoms with Crippen LogP contribution in [0.3, 0.4) is 0 Å². The number of carbonyl (C=O) groups excluding carboxylic acids is 1. The highest BCUT2D eigenvalue weighted by atomic mass is 16.7. The van der Waals surface area contributed by atoms with Crippen molar-refractivity contribution in [3.05, 3.63) is 11.3 Å². The fourth-order valence-corrected chi connectivity index (χ4v) is 2.41. The molecule has 1 heterocycles. The summed E-state index contributed by atoms with van der Waals surface area (Å²) in [7, 11) is 0. The molecule has 0 unspecified atom stereocenters. The summed E-state index contributed by atoms with van der Waals surface area (Å²) in [6.45, 7) is 4.71. The van der Waals surface area contributed by atoms with Crippen LogP contribution >= 0.6 is 0 Å². The second kappa shape index (κ2) is 4.35. The predicted molar refractivity (Wildman–Crippen MR) is 56.2 cm³/mol. The number of ether oxygens (including phenoxy) is 2. The van der Waals surface area contributed by atoms with Gasteiger partial charge >= 0.3 is 0 Å². The van der Waals surface area contributed by atoms with Gasteiger partial charge in [0.05, 0.1) is 0 Å². The molecule has 15 heavy (non-hydrogen) atoms. The van der Waals surface area contributed by atoms with Crippen LogP contribution in [0, 0.1) is 5.92 Å².